The van der Waals surface area contributed by atoms with Crippen LogP contribution in [-0.4, -0.2) is 14.9 Å². The summed E-state index contributed by atoms with van der Waals surface area (Å²) in [4.78, 5) is 0. The molecule has 0 bridgehead atoms. The molecular formula is C12H12BrFN2O. The zero-order valence-electron chi connectivity index (χ0n) is 9.27. The molecule has 0 saturated heterocycles. The highest BCUT2D eigenvalue weighted by atomic mass is 79.9. The highest BCUT2D eigenvalue weighted by molar-refractivity contribution is 9.10. The van der Waals surface area contributed by atoms with Gasteiger partial charge in [-0.15, -0.1) is 0 Å². The third-order valence-electron chi connectivity index (χ3n) is 2.59. The molecule has 1 N–H and O–H groups in total. The maximum atomic E-state index is 13.6. The van der Waals surface area contributed by atoms with Gasteiger partial charge >= 0.3 is 0 Å². The first kappa shape index (κ1) is 12.3. The monoisotopic (exact) mass is 298 g/mol. The van der Waals surface area contributed by atoms with E-state index < -0.39 is 11.9 Å². The largest absolute Gasteiger partial charge is 0.382 e. The number of aliphatic hydroxyl groups excluding tert-OH is 1. The van der Waals surface area contributed by atoms with Gasteiger partial charge in [0.2, 0.25) is 0 Å². The van der Waals surface area contributed by atoms with Crippen molar-refractivity contribution in [2.75, 3.05) is 0 Å². The second-order valence-corrected chi connectivity index (χ2v) is 4.47. The molecule has 0 aliphatic rings. The lowest BCUT2D eigenvalue weighted by Gasteiger charge is -2.14. The van der Waals surface area contributed by atoms with Gasteiger partial charge in [0, 0.05) is 12.1 Å². The van der Waals surface area contributed by atoms with E-state index in [0.717, 1.165) is 0 Å². The number of rotatable bonds is 3. The summed E-state index contributed by atoms with van der Waals surface area (Å²) in [5, 5.41) is 14.3. The van der Waals surface area contributed by atoms with E-state index in [4.69, 9.17) is 0 Å². The van der Waals surface area contributed by atoms with Gasteiger partial charge in [0.1, 0.15) is 11.9 Å². The van der Waals surface area contributed by atoms with E-state index in [0.29, 0.717) is 16.7 Å². The van der Waals surface area contributed by atoms with Gasteiger partial charge in [0.15, 0.2) is 0 Å². The SMILES string of the molecule is CCn1ncc(Br)c1C(O)c1ccccc1F. The Kier molecular flexibility index (Phi) is 3.59. The molecule has 17 heavy (non-hydrogen) atoms. The van der Waals surface area contributed by atoms with E-state index >= 15 is 0 Å². The lowest BCUT2D eigenvalue weighted by atomic mass is 10.1. The third-order valence-corrected chi connectivity index (χ3v) is 3.20. The molecular weight excluding hydrogens is 287 g/mol. The summed E-state index contributed by atoms with van der Waals surface area (Å²) in [6, 6.07) is 6.19. The molecule has 0 amide bonds. The lowest BCUT2D eigenvalue weighted by molar-refractivity contribution is 0.202. The van der Waals surface area contributed by atoms with Crippen molar-refractivity contribution in [3.05, 3.63) is 52.0 Å². The standard InChI is InChI=1S/C12H12BrFN2O/c1-2-16-11(9(13)7-15-16)12(17)8-5-3-4-6-10(8)14/h3-7,12,17H,2H2,1H3. The van der Waals surface area contributed by atoms with Gasteiger partial charge in [0.25, 0.3) is 0 Å². The molecule has 1 aromatic heterocycles. The van der Waals surface area contributed by atoms with Crippen LogP contribution in [0.1, 0.15) is 24.3 Å². The normalized spacial score (nSPS) is 12.7. The summed E-state index contributed by atoms with van der Waals surface area (Å²) < 4.78 is 15.9. The van der Waals surface area contributed by atoms with E-state index in [9.17, 15) is 9.50 Å². The van der Waals surface area contributed by atoms with Crippen LogP contribution in [0.4, 0.5) is 4.39 Å². The molecule has 2 aromatic rings. The van der Waals surface area contributed by atoms with E-state index in [2.05, 4.69) is 21.0 Å². The molecule has 0 aliphatic carbocycles. The van der Waals surface area contributed by atoms with Crippen molar-refractivity contribution in [2.24, 2.45) is 0 Å². The minimum absolute atomic E-state index is 0.253. The van der Waals surface area contributed by atoms with E-state index in [1.807, 2.05) is 6.92 Å². The summed E-state index contributed by atoms with van der Waals surface area (Å²) in [5.74, 6) is -0.421. The summed E-state index contributed by atoms with van der Waals surface area (Å²) in [6.45, 7) is 2.53. The summed E-state index contributed by atoms with van der Waals surface area (Å²) in [5.41, 5.74) is 0.820. The fourth-order valence-corrected chi connectivity index (χ4v) is 2.25. The average molecular weight is 299 g/mol. The molecule has 0 spiro atoms. The smallest absolute Gasteiger partial charge is 0.129 e. The number of hydrogen-bond acceptors (Lipinski definition) is 2. The van der Waals surface area contributed by atoms with Crippen molar-refractivity contribution in [3.8, 4) is 0 Å². The second-order valence-electron chi connectivity index (χ2n) is 3.62. The molecule has 90 valence electrons. The molecule has 0 fully saturated rings. The molecule has 1 aromatic carbocycles. The van der Waals surface area contributed by atoms with Crippen LogP contribution in [0.15, 0.2) is 34.9 Å². The summed E-state index contributed by atoms with van der Waals surface area (Å²) in [7, 11) is 0. The minimum atomic E-state index is -1.02. The number of hydrogen-bond donors (Lipinski definition) is 1. The Hall–Kier alpha value is -1.20. The maximum absolute atomic E-state index is 13.6. The van der Waals surface area contributed by atoms with Crippen LogP contribution in [0, 0.1) is 5.82 Å². The highest BCUT2D eigenvalue weighted by Gasteiger charge is 2.21. The Morgan fingerprint density at radius 3 is 2.82 bits per heavy atom. The van der Waals surface area contributed by atoms with Crippen LogP contribution in [0.3, 0.4) is 0 Å². The van der Waals surface area contributed by atoms with Crippen LogP contribution in [-0.2, 0) is 6.54 Å². The first-order chi connectivity index (χ1) is 8.15. The fourth-order valence-electron chi connectivity index (χ4n) is 1.74. The Morgan fingerprint density at radius 1 is 1.47 bits per heavy atom. The molecule has 0 radical (unpaired) electrons. The van der Waals surface area contributed by atoms with Crippen molar-refractivity contribution >= 4 is 15.9 Å². The lowest BCUT2D eigenvalue weighted by Crippen LogP contribution is -2.10. The Balaban J connectivity index is 2.47. The van der Waals surface area contributed by atoms with Crippen LogP contribution in [0.5, 0.6) is 0 Å². The molecule has 0 saturated carbocycles. The number of aliphatic hydroxyl groups is 1. The van der Waals surface area contributed by atoms with Crippen molar-refractivity contribution in [3.63, 3.8) is 0 Å². The fraction of sp³-hybridized carbons (Fsp3) is 0.250. The molecule has 5 heteroatoms. The van der Waals surface area contributed by atoms with Gasteiger partial charge in [-0.05, 0) is 28.9 Å². The van der Waals surface area contributed by atoms with Gasteiger partial charge in [-0.2, -0.15) is 5.10 Å². The van der Waals surface area contributed by atoms with Crippen LogP contribution in [0.2, 0.25) is 0 Å². The van der Waals surface area contributed by atoms with Crippen molar-refractivity contribution in [2.45, 2.75) is 19.6 Å². The van der Waals surface area contributed by atoms with Crippen LogP contribution < -0.4 is 0 Å². The van der Waals surface area contributed by atoms with E-state index in [1.54, 1.807) is 29.1 Å². The van der Waals surface area contributed by atoms with E-state index in [1.165, 1.54) is 6.07 Å². The number of halogens is 2. The zero-order chi connectivity index (χ0) is 12.4. The molecule has 2 rings (SSSR count). The Labute approximate surface area is 107 Å². The molecule has 1 unspecified atom stereocenters. The van der Waals surface area contributed by atoms with Crippen molar-refractivity contribution in [1.29, 1.82) is 0 Å². The predicted molar refractivity (Wildman–Crippen MR) is 66.1 cm³/mol. The van der Waals surface area contributed by atoms with Crippen molar-refractivity contribution in [1.82, 2.24) is 9.78 Å². The van der Waals surface area contributed by atoms with Gasteiger partial charge in [0.05, 0.1) is 16.4 Å². The maximum Gasteiger partial charge on any atom is 0.129 e. The van der Waals surface area contributed by atoms with Gasteiger partial charge in [-0.3, -0.25) is 4.68 Å². The highest BCUT2D eigenvalue weighted by Crippen LogP contribution is 2.29. The molecule has 3 nitrogen and oxygen atoms in total. The van der Waals surface area contributed by atoms with Gasteiger partial charge < -0.3 is 5.11 Å². The summed E-state index contributed by atoms with van der Waals surface area (Å²) in [6.07, 6.45) is 0.580. The van der Waals surface area contributed by atoms with Gasteiger partial charge in [-0.1, -0.05) is 18.2 Å². The molecule has 0 aliphatic heterocycles. The Morgan fingerprint density at radius 2 is 2.18 bits per heavy atom. The average Bonchev–Trinajstić information content (AvgIpc) is 2.70. The first-order valence-electron chi connectivity index (χ1n) is 5.28. The predicted octanol–water partition coefficient (Wildman–Crippen LogP) is 2.89. The third kappa shape index (κ3) is 2.25. The number of nitrogens with zero attached hydrogens (tertiary/aromatic N) is 2. The van der Waals surface area contributed by atoms with Crippen LogP contribution >= 0.6 is 15.9 Å². The van der Waals surface area contributed by atoms with Gasteiger partial charge in [-0.25, -0.2) is 4.39 Å². The minimum Gasteiger partial charge on any atom is -0.382 e. The zero-order valence-corrected chi connectivity index (χ0v) is 10.9. The summed E-state index contributed by atoms with van der Waals surface area (Å²) >= 11 is 3.31. The van der Waals surface area contributed by atoms with Crippen molar-refractivity contribution < 1.29 is 9.50 Å². The van der Waals surface area contributed by atoms with E-state index in [-0.39, 0.29) is 5.56 Å². The number of aromatic nitrogens is 2. The Bertz CT molecular complexity index is 527. The number of aryl methyl sites for hydroxylation is 1. The topological polar surface area (TPSA) is 38.0 Å². The first-order valence-corrected chi connectivity index (χ1v) is 6.08. The second kappa shape index (κ2) is 4.98. The molecule has 1 heterocycles. The van der Waals surface area contributed by atoms with Crippen LogP contribution in [0.25, 0.3) is 0 Å². The number of benzene rings is 1. The molecule has 1 atom stereocenters. The quantitative estimate of drug-likeness (QED) is 0.946.